The lowest BCUT2D eigenvalue weighted by Gasteiger charge is -2.02. The molecule has 0 bridgehead atoms. The Hall–Kier alpha value is -0.950. The van der Waals surface area contributed by atoms with E-state index in [4.69, 9.17) is 5.73 Å². The second-order valence-corrected chi connectivity index (χ2v) is 4.11. The fourth-order valence-corrected chi connectivity index (χ4v) is 1.44. The van der Waals surface area contributed by atoms with E-state index in [0.29, 0.717) is 11.1 Å². The van der Waals surface area contributed by atoms with Crippen molar-refractivity contribution in [3.05, 3.63) is 0 Å². The molecule has 0 unspecified atom stereocenters. The summed E-state index contributed by atoms with van der Waals surface area (Å²) in [6.45, 7) is 1.63. The zero-order chi connectivity index (χ0) is 11.6. The van der Waals surface area contributed by atoms with E-state index in [9.17, 15) is 0 Å². The first-order valence-corrected chi connectivity index (χ1v) is 6.64. The lowest BCUT2D eigenvalue weighted by molar-refractivity contribution is 0.656. The molecule has 7 heteroatoms. The summed E-state index contributed by atoms with van der Waals surface area (Å²) >= 11 is 1.43. The number of aromatic nitrogens is 4. The van der Waals surface area contributed by atoms with Crippen LogP contribution in [0.15, 0.2) is 5.16 Å². The van der Waals surface area contributed by atoms with Crippen molar-refractivity contribution in [2.45, 2.75) is 30.8 Å². The van der Waals surface area contributed by atoms with Gasteiger partial charge in [0.2, 0.25) is 5.16 Å². The minimum Gasteiger partial charge on any atom is -0.352 e. The highest BCUT2D eigenvalue weighted by Gasteiger charge is 1.98. The Bertz CT molecular complexity index is 278. The molecule has 16 heavy (non-hydrogen) atoms. The Morgan fingerprint density at radius 2 is 1.75 bits per heavy atom. The Kier molecular flexibility index (Phi) is 6.75. The van der Waals surface area contributed by atoms with E-state index < -0.39 is 0 Å². The lowest BCUT2D eigenvalue weighted by Crippen LogP contribution is -2.08. The third-order valence-electron chi connectivity index (χ3n) is 2.06. The average Bonchev–Trinajstić information content (AvgIpc) is 2.34. The van der Waals surface area contributed by atoms with Gasteiger partial charge in [-0.25, -0.2) is 0 Å². The van der Waals surface area contributed by atoms with E-state index >= 15 is 0 Å². The second-order valence-electron chi connectivity index (χ2n) is 3.34. The predicted molar refractivity (Wildman–Crippen MR) is 65.4 cm³/mol. The van der Waals surface area contributed by atoms with E-state index in [-0.39, 0.29) is 0 Å². The molecular weight excluding hydrogens is 224 g/mol. The molecule has 1 aromatic rings. The monoisotopic (exact) mass is 242 g/mol. The number of anilines is 1. The quantitative estimate of drug-likeness (QED) is 0.517. The van der Waals surface area contributed by atoms with Crippen LogP contribution in [0.3, 0.4) is 0 Å². The molecule has 0 aromatic carbocycles. The van der Waals surface area contributed by atoms with Crippen LogP contribution in [0.4, 0.5) is 5.95 Å². The van der Waals surface area contributed by atoms with Gasteiger partial charge in [0.1, 0.15) is 0 Å². The van der Waals surface area contributed by atoms with E-state index in [2.05, 4.69) is 25.7 Å². The van der Waals surface area contributed by atoms with Crippen LogP contribution < -0.4 is 11.1 Å². The molecule has 0 saturated carbocycles. The maximum atomic E-state index is 5.41. The number of rotatable bonds is 8. The van der Waals surface area contributed by atoms with Crippen LogP contribution in [0.2, 0.25) is 0 Å². The van der Waals surface area contributed by atoms with Crippen molar-refractivity contribution in [3.8, 4) is 0 Å². The molecule has 6 nitrogen and oxygen atoms in total. The molecule has 3 N–H and O–H groups in total. The van der Waals surface area contributed by atoms with Gasteiger partial charge in [0, 0.05) is 6.54 Å². The van der Waals surface area contributed by atoms with Gasteiger partial charge < -0.3 is 11.1 Å². The maximum absolute atomic E-state index is 5.41. The molecule has 0 aliphatic carbocycles. The molecule has 0 atom stereocenters. The molecule has 0 saturated heterocycles. The van der Waals surface area contributed by atoms with Gasteiger partial charge in [-0.1, -0.05) is 24.6 Å². The zero-order valence-corrected chi connectivity index (χ0v) is 10.3. The smallest absolute Gasteiger partial charge is 0.262 e. The van der Waals surface area contributed by atoms with E-state index in [1.165, 1.54) is 24.6 Å². The van der Waals surface area contributed by atoms with Crippen LogP contribution in [-0.4, -0.2) is 39.7 Å². The fraction of sp³-hybridized carbons (Fsp3) is 0.778. The Labute approximate surface area is 99.8 Å². The summed E-state index contributed by atoms with van der Waals surface area (Å²) in [5.74, 6) is 0.497. The van der Waals surface area contributed by atoms with Gasteiger partial charge in [-0.3, -0.25) is 0 Å². The summed E-state index contributed by atoms with van der Waals surface area (Å²) in [4.78, 5) is 0. The molecule has 0 aliphatic rings. The highest BCUT2D eigenvalue weighted by Crippen LogP contribution is 2.05. The number of nitrogens with zero attached hydrogens (tertiary/aromatic N) is 4. The number of hydrogen-bond acceptors (Lipinski definition) is 7. The number of thioether (sulfide) groups is 1. The number of nitrogens with one attached hydrogen (secondary N) is 1. The van der Waals surface area contributed by atoms with Gasteiger partial charge in [0.25, 0.3) is 5.95 Å². The van der Waals surface area contributed by atoms with Crippen molar-refractivity contribution in [2.75, 3.05) is 24.7 Å². The largest absolute Gasteiger partial charge is 0.352 e. The minimum absolute atomic E-state index is 0.497. The van der Waals surface area contributed by atoms with E-state index in [1.807, 2.05) is 6.26 Å². The van der Waals surface area contributed by atoms with Gasteiger partial charge >= 0.3 is 0 Å². The third-order valence-corrected chi connectivity index (χ3v) is 2.59. The SMILES string of the molecule is CSc1nnc(NCCCCCCN)nn1. The van der Waals surface area contributed by atoms with Crippen LogP contribution in [0.1, 0.15) is 25.7 Å². The van der Waals surface area contributed by atoms with Crippen molar-refractivity contribution in [2.24, 2.45) is 5.73 Å². The molecule has 1 heterocycles. The van der Waals surface area contributed by atoms with Crippen molar-refractivity contribution in [1.82, 2.24) is 20.4 Å². The second kappa shape index (κ2) is 8.23. The topological polar surface area (TPSA) is 89.6 Å². The summed E-state index contributed by atoms with van der Waals surface area (Å²) in [6.07, 6.45) is 6.44. The van der Waals surface area contributed by atoms with Gasteiger partial charge in [-0.15, -0.1) is 20.4 Å². The van der Waals surface area contributed by atoms with Crippen molar-refractivity contribution >= 4 is 17.7 Å². The van der Waals surface area contributed by atoms with Gasteiger partial charge in [0.05, 0.1) is 0 Å². The molecule has 90 valence electrons. The highest BCUT2D eigenvalue weighted by molar-refractivity contribution is 7.98. The molecule has 0 fully saturated rings. The predicted octanol–water partition coefficient (Wildman–Crippen LogP) is 0.919. The summed E-state index contributed by atoms with van der Waals surface area (Å²) in [5, 5.41) is 19.3. The molecule has 0 aliphatic heterocycles. The molecular formula is C9H18N6S. The zero-order valence-electron chi connectivity index (χ0n) is 9.52. The van der Waals surface area contributed by atoms with Crippen LogP contribution in [-0.2, 0) is 0 Å². The maximum Gasteiger partial charge on any atom is 0.262 e. The Morgan fingerprint density at radius 1 is 1.06 bits per heavy atom. The van der Waals surface area contributed by atoms with E-state index in [0.717, 1.165) is 25.9 Å². The summed E-state index contributed by atoms with van der Waals surface area (Å²) in [5.41, 5.74) is 5.41. The Balaban J connectivity index is 2.12. The molecule has 0 spiro atoms. The summed E-state index contributed by atoms with van der Waals surface area (Å²) < 4.78 is 0. The van der Waals surface area contributed by atoms with Crippen LogP contribution in [0.5, 0.6) is 0 Å². The summed E-state index contributed by atoms with van der Waals surface area (Å²) in [6, 6.07) is 0. The summed E-state index contributed by atoms with van der Waals surface area (Å²) in [7, 11) is 0. The Morgan fingerprint density at radius 3 is 2.38 bits per heavy atom. The van der Waals surface area contributed by atoms with Gasteiger partial charge in [-0.2, -0.15) is 0 Å². The van der Waals surface area contributed by atoms with E-state index in [1.54, 1.807) is 0 Å². The van der Waals surface area contributed by atoms with Crippen molar-refractivity contribution in [3.63, 3.8) is 0 Å². The fourth-order valence-electron chi connectivity index (χ4n) is 1.20. The molecule has 0 radical (unpaired) electrons. The molecule has 1 aromatic heterocycles. The molecule has 0 amide bonds. The van der Waals surface area contributed by atoms with Gasteiger partial charge in [-0.05, 0) is 25.6 Å². The van der Waals surface area contributed by atoms with Crippen molar-refractivity contribution in [1.29, 1.82) is 0 Å². The average molecular weight is 242 g/mol. The normalized spacial score (nSPS) is 10.4. The molecule has 1 rings (SSSR count). The number of nitrogens with two attached hydrogens (primary N) is 1. The van der Waals surface area contributed by atoms with Crippen LogP contribution in [0.25, 0.3) is 0 Å². The first kappa shape index (κ1) is 13.1. The number of unbranched alkanes of at least 4 members (excludes halogenated alkanes) is 3. The minimum atomic E-state index is 0.497. The van der Waals surface area contributed by atoms with Crippen molar-refractivity contribution < 1.29 is 0 Å². The van der Waals surface area contributed by atoms with Gasteiger partial charge in [0.15, 0.2) is 0 Å². The first-order chi connectivity index (χ1) is 7.86. The van der Waals surface area contributed by atoms with Crippen LogP contribution in [0, 0.1) is 0 Å². The highest BCUT2D eigenvalue weighted by atomic mass is 32.2. The third kappa shape index (κ3) is 5.22. The lowest BCUT2D eigenvalue weighted by atomic mass is 10.2. The first-order valence-electron chi connectivity index (χ1n) is 5.42. The standard InChI is InChI=1S/C9H18N6S/c1-16-9-14-12-8(13-15-9)11-7-5-3-2-4-6-10/h2-7,10H2,1H3,(H,11,12,13). The number of hydrogen-bond donors (Lipinski definition) is 2. The van der Waals surface area contributed by atoms with Crippen LogP contribution >= 0.6 is 11.8 Å².